The fourth-order valence-electron chi connectivity index (χ4n) is 0.665. The van der Waals surface area contributed by atoms with Gasteiger partial charge in [0.25, 0.3) is 0 Å². The summed E-state index contributed by atoms with van der Waals surface area (Å²) in [6.07, 6.45) is -4.50. The van der Waals surface area contributed by atoms with Crippen LogP contribution >= 0.6 is 0 Å². The second-order valence-corrected chi connectivity index (χ2v) is 2.04. The van der Waals surface area contributed by atoms with Gasteiger partial charge in [-0.1, -0.05) is 0 Å². The van der Waals surface area contributed by atoms with Crippen LogP contribution in [0.25, 0.3) is 0 Å². The summed E-state index contributed by atoms with van der Waals surface area (Å²) in [4.78, 5) is 0. The van der Waals surface area contributed by atoms with Crippen LogP contribution in [0.2, 0.25) is 0 Å². The number of rotatable bonds is 0. The highest BCUT2D eigenvalue weighted by atomic mass is 19.4. The molecule has 0 unspecified atom stereocenters. The first-order valence-electron chi connectivity index (χ1n) is 2.74. The number of aromatic nitrogens is 2. The van der Waals surface area contributed by atoms with Crippen molar-refractivity contribution >= 4 is 0 Å². The summed E-state index contributed by atoms with van der Waals surface area (Å²) in [5.41, 5.74) is -1.35. The molecule has 0 fully saturated rings. The molecule has 11 heavy (non-hydrogen) atoms. The standard InChI is InChI=1S/C5H5F3N2O/c1-2-3(5(6,7)8)9-10-4(2)11/h1H3,(H2,9,10,11). The zero-order valence-corrected chi connectivity index (χ0v) is 5.53. The third-order valence-corrected chi connectivity index (χ3v) is 1.25. The maximum atomic E-state index is 11.9. The van der Waals surface area contributed by atoms with E-state index in [2.05, 4.69) is 5.10 Å². The molecule has 0 aliphatic carbocycles. The van der Waals surface area contributed by atoms with Gasteiger partial charge in [0.1, 0.15) is 0 Å². The van der Waals surface area contributed by atoms with Crippen molar-refractivity contribution in [2.75, 3.05) is 0 Å². The van der Waals surface area contributed by atoms with E-state index in [0.29, 0.717) is 0 Å². The Labute approximate surface area is 59.8 Å². The van der Waals surface area contributed by atoms with Gasteiger partial charge in [-0.25, -0.2) is 5.10 Å². The Kier molecular flexibility index (Phi) is 1.54. The lowest BCUT2D eigenvalue weighted by Gasteiger charge is -2.01. The molecular formula is C5H5F3N2O. The SMILES string of the molecule is Cc1c(C(F)(F)F)n[nH]c1O. The maximum absolute atomic E-state index is 11.9. The van der Waals surface area contributed by atoms with Crippen LogP contribution in [0.3, 0.4) is 0 Å². The minimum Gasteiger partial charge on any atom is -0.493 e. The fraction of sp³-hybridized carbons (Fsp3) is 0.400. The summed E-state index contributed by atoms with van der Waals surface area (Å²) >= 11 is 0. The number of hydrogen-bond donors (Lipinski definition) is 2. The first-order valence-corrected chi connectivity index (χ1v) is 2.74. The number of halogens is 3. The zero-order chi connectivity index (χ0) is 8.65. The molecule has 0 saturated heterocycles. The number of aromatic hydroxyl groups is 1. The van der Waals surface area contributed by atoms with E-state index >= 15 is 0 Å². The molecule has 2 N–H and O–H groups in total. The van der Waals surface area contributed by atoms with Crippen LogP contribution in [-0.4, -0.2) is 15.3 Å². The van der Waals surface area contributed by atoms with Crippen LogP contribution in [0.5, 0.6) is 5.88 Å². The van der Waals surface area contributed by atoms with E-state index in [4.69, 9.17) is 5.11 Å². The fourth-order valence-corrected chi connectivity index (χ4v) is 0.665. The van der Waals surface area contributed by atoms with Gasteiger partial charge >= 0.3 is 6.18 Å². The van der Waals surface area contributed by atoms with Gasteiger partial charge in [0.15, 0.2) is 5.69 Å². The monoisotopic (exact) mass is 166 g/mol. The topological polar surface area (TPSA) is 48.9 Å². The van der Waals surface area contributed by atoms with Crippen molar-refractivity contribution in [2.24, 2.45) is 0 Å². The van der Waals surface area contributed by atoms with Gasteiger partial charge in [0.05, 0.1) is 0 Å². The molecule has 1 rings (SSSR count). The van der Waals surface area contributed by atoms with Gasteiger partial charge in [-0.2, -0.15) is 18.3 Å². The van der Waals surface area contributed by atoms with E-state index in [-0.39, 0.29) is 5.56 Å². The molecule has 0 aliphatic heterocycles. The van der Waals surface area contributed by atoms with Crippen molar-refractivity contribution in [1.82, 2.24) is 10.2 Å². The van der Waals surface area contributed by atoms with Crippen LogP contribution in [0.1, 0.15) is 11.3 Å². The average Bonchev–Trinajstić information content (AvgIpc) is 2.11. The molecule has 62 valence electrons. The first-order chi connectivity index (χ1) is 4.93. The lowest BCUT2D eigenvalue weighted by atomic mass is 10.2. The molecule has 0 aliphatic rings. The van der Waals surface area contributed by atoms with E-state index in [1.165, 1.54) is 0 Å². The average molecular weight is 166 g/mol. The van der Waals surface area contributed by atoms with Gasteiger partial charge < -0.3 is 5.11 Å². The van der Waals surface area contributed by atoms with Crippen LogP contribution in [0.15, 0.2) is 0 Å². The summed E-state index contributed by atoms with van der Waals surface area (Å²) in [5.74, 6) is -0.544. The van der Waals surface area contributed by atoms with Crippen LogP contribution in [0.4, 0.5) is 13.2 Å². The van der Waals surface area contributed by atoms with Crippen molar-refractivity contribution in [3.63, 3.8) is 0 Å². The van der Waals surface area contributed by atoms with E-state index < -0.39 is 17.8 Å². The molecule has 1 aromatic heterocycles. The minimum atomic E-state index is -4.50. The highest BCUT2D eigenvalue weighted by Gasteiger charge is 2.36. The third kappa shape index (κ3) is 1.28. The summed E-state index contributed by atoms with van der Waals surface area (Å²) in [6.45, 7) is 1.14. The van der Waals surface area contributed by atoms with Gasteiger partial charge in [-0.15, -0.1) is 0 Å². The summed E-state index contributed by atoms with van der Waals surface area (Å²) in [6, 6.07) is 0. The smallest absolute Gasteiger partial charge is 0.435 e. The highest BCUT2D eigenvalue weighted by Crippen LogP contribution is 2.32. The number of nitrogens with one attached hydrogen (secondary N) is 1. The molecule has 0 aromatic carbocycles. The lowest BCUT2D eigenvalue weighted by Crippen LogP contribution is -2.07. The van der Waals surface area contributed by atoms with Gasteiger partial charge in [-0.05, 0) is 6.92 Å². The summed E-state index contributed by atoms with van der Waals surface area (Å²) in [7, 11) is 0. The molecule has 6 heteroatoms. The Hall–Kier alpha value is -1.20. The van der Waals surface area contributed by atoms with E-state index in [9.17, 15) is 13.2 Å². The molecule has 1 aromatic rings. The highest BCUT2D eigenvalue weighted by molar-refractivity contribution is 5.29. The van der Waals surface area contributed by atoms with Gasteiger partial charge in [0.2, 0.25) is 5.88 Å². The minimum absolute atomic E-state index is 0.280. The molecule has 0 radical (unpaired) electrons. The van der Waals surface area contributed by atoms with Crippen molar-refractivity contribution in [3.05, 3.63) is 11.3 Å². The molecule has 0 bridgehead atoms. The molecule has 0 atom stereocenters. The quantitative estimate of drug-likeness (QED) is 0.612. The first kappa shape index (κ1) is 7.90. The Balaban J connectivity index is 3.15. The summed E-state index contributed by atoms with van der Waals surface area (Å²) in [5, 5.41) is 13.4. The number of hydrogen-bond acceptors (Lipinski definition) is 2. The maximum Gasteiger partial charge on any atom is 0.435 e. The second-order valence-electron chi connectivity index (χ2n) is 2.04. The molecule has 1 heterocycles. The number of aromatic amines is 1. The normalized spacial score (nSPS) is 12.0. The van der Waals surface area contributed by atoms with Crippen molar-refractivity contribution in [1.29, 1.82) is 0 Å². The molecular weight excluding hydrogens is 161 g/mol. The van der Waals surface area contributed by atoms with Crippen molar-refractivity contribution in [2.45, 2.75) is 13.1 Å². The molecule has 0 amide bonds. The Morgan fingerprint density at radius 2 is 2.00 bits per heavy atom. The molecule has 0 saturated carbocycles. The largest absolute Gasteiger partial charge is 0.493 e. The van der Waals surface area contributed by atoms with Gasteiger partial charge in [0, 0.05) is 5.56 Å². The predicted octanol–water partition coefficient (Wildman–Crippen LogP) is 1.44. The van der Waals surface area contributed by atoms with Crippen molar-refractivity contribution < 1.29 is 18.3 Å². The number of nitrogens with zero attached hydrogens (tertiary/aromatic N) is 1. The Morgan fingerprint density at radius 3 is 2.18 bits per heavy atom. The van der Waals surface area contributed by atoms with Gasteiger partial charge in [-0.3, -0.25) is 0 Å². The van der Waals surface area contributed by atoms with Crippen LogP contribution < -0.4 is 0 Å². The van der Waals surface area contributed by atoms with Crippen LogP contribution in [-0.2, 0) is 6.18 Å². The van der Waals surface area contributed by atoms with Crippen LogP contribution in [0, 0.1) is 6.92 Å². The third-order valence-electron chi connectivity index (χ3n) is 1.25. The molecule has 0 spiro atoms. The summed E-state index contributed by atoms with van der Waals surface area (Å²) < 4.78 is 35.6. The Morgan fingerprint density at radius 1 is 1.45 bits per heavy atom. The lowest BCUT2D eigenvalue weighted by molar-refractivity contribution is -0.141. The Bertz CT molecular complexity index is 265. The van der Waals surface area contributed by atoms with E-state index in [1.807, 2.05) is 5.10 Å². The predicted molar refractivity (Wildman–Crippen MR) is 30.0 cm³/mol. The second kappa shape index (κ2) is 2.14. The number of H-pyrrole nitrogens is 1. The van der Waals surface area contributed by atoms with E-state index in [0.717, 1.165) is 6.92 Å². The van der Waals surface area contributed by atoms with E-state index in [1.54, 1.807) is 0 Å². The molecule has 3 nitrogen and oxygen atoms in total. The number of alkyl halides is 3. The zero-order valence-electron chi connectivity index (χ0n) is 5.53. The van der Waals surface area contributed by atoms with Crippen molar-refractivity contribution in [3.8, 4) is 5.88 Å².